The second kappa shape index (κ2) is 13.9. The summed E-state index contributed by atoms with van der Waals surface area (Å²) < 4.78 is 28.7. The highest BCUT2D eigenvalue weighted by Gasteiger charge is 2.41. The molecule has 1 unspecified atom stereocenters. The van der Waals surface area contributed by atoms with Crippen LogP contribution in [0.4, 0.5) is 0 Å². The molecule has 0 saturated carbocycles. The van der Waals surface area contributed by atoms with Crippen molar-refractivity contribution < 1.29 is 33.3 Å². The number of esters is 2. The Morgan fingerprint density at radius 2 is 1.85 bits per heavy atom. The molecule has 3 atom stereocenters. The molecule has 1 rings (SSSR count). The van der Waals surface area contributed by atoms with Crippen molar-refractivity contribution in [3.8, 4) is 0 Å². The number of hydrogen-bond acceptors (Lipinski definition) is 7. The fraction of sp³-hybridized carbons (Fsp3) is 0.769. The van der Waals surface area contributed by atoms with Crippen LogP contribution >= 0.6 is 0 Å². The smallest absolute Gasteiger partial charge is 0.303 e. The van der Waals surface area contributed by atoms with Gasteiger partial charge in [0.1, 0.15) is 18.3 Å². The van der Waals surface area contributed by atoms with Crippen LogP contribution in [0.1, 0.15) is 80.1 Å². The van der Waals surface area contributed by atoms with E-state index in [9.17, 15) is 9.59 Å². The van der Waals surface area contributed by atoms with E-state index in [1.165, 1.54) is 19.4 Å². The largest absolute Gasteiger partial charge is 0.462 e. The molecule has 1 fully saturated rings. The van der Waals surface area contributed by atoms with Gasteiger partial charge >= 0.3 is 11.9 Å². The maximum Gasteiger partial charge on any atom is 0.303 e. The topological polar surface area (TPSA) is 80.3 Å². The average molecular weight is 469 g/mol. The molecular weight excluding hydrogens is 424 g/mol. The first-order valence-corrected chi connectivity index (χ1v) is 11.8. The van der Waals surface area contributed by atoms with E-state index in [1.807, 2.05) is 13.0 Å². The highest BCUT2D eigenvalue weighted by Crippen LogP contribution is 2.36. The van der Waals surface area contributed by atoms with Crippen molar-refractivity contribution in [2.45, 2.75) is 97.6 Å². The molecule has 0 amide bonds. The van der Waals surface area contributed by atoms with Crippen molar-refractivity contribution in [1.82, 2.24) is 0 Å². The number of methoxy groups -OCH3 is 2. The number of hydrogen-bond donors (Lipinski definition) is 0. The first-order chi connectivity index (χ1) is 15.5. The summed E-state index contributed by atoms with van der Waals surface area (Å²) in [5, 5.41) is 0. The summed E-state index contributed by atoms with van der Waals surface area (Å²) in [6, 6.07) is 0. The van der Waals surface area contributed by atoms with Gasteiger partial charge in [0.2, 0.25) is 0 Å². The summed E-state index contributed by atoms with van der Waals surface area (Å²) in [7, 11) is 3.38. The van der Waals surface area contributed by atoms with E-state index in [0.29, 0.717) is 19.4 Å². The summed E-state index contributed by atoms with van der Waals surface area (Å²) in [4.78, 5) is 22.8. The van der Waals surface area contributed by atoms with Crippen molar-refractivity contribution in [3.63, 3.8) is 0 Å². The van der Waals surface area contributed by atoms with Crippen molar-refractivity contribution in [2.24, 2.45) is 5.92 Å². The monoisotopic (exact) mass is 468 g/mol. The molecule has 0 aromatic heterocycles. The molecule has 1 aliphatic heterocycles. The standard InChI is InChI=1S/C26H44O7/c1-19(2)13-16-26(29-7,30-8)20(3)10-9-15-25(6)24(33-22(5)28)12-11-23(18-32-25)14-17-31-21(4)27/h13-14,20,24H,9-12,15-18H2,1-8H3/t20?,24-,25+/m1/s1. The number of ether oxygens (including phenoxy) is 5. The van der Waals surface area contributed by atoms with E-state index in [4.69, 9.17) is 23.7 Å². The average Bonchev–Trinajstić information content (AvgIpc) is 2.88. The predicted molar refractivity (Wildman–Crippen MR) is 128 cm³/mol. The van der Waals surface area contributed by atoms with Crippen LogP contribution in [-0.4, -0.2) is 56.9 Å². The molecule has 0 aliphatic carbocycles. The summed E-state index contributed by atoms with van der Waals surface area (Å²) in [6.07, 6.45) is 8.23. The Kier molecular flexibility index (Phi) is 12.3. The minimum atomic E-state index is -0.676. The quantitative estimate of drug-likeness (QED) is 0.223. The Bertz CT molecular complexity index is 689. The van der Waals surface area contributed by atoms with Crippen LogP contribution in [0.2, 0.25) is 0 Å². The lowest BCUT2D eigenvalue weighted by Crippen LogP contribution is -2.44. The molecule has 1 saturated heterocycles. The van der Waals surface area contributed by atoms with Gasteiger partial charge in [-0.25, -0.2) is 0 Å². The van der Waals surface area contributed by atoms with E-state index in [0.717, 1.165) is 31.3 Å². The van der Waals surface area contributed by atoms with Gasteiger partial charge in [-0.3, -0.25) is 9.59 Å². The lowest BCUT2D eigenvalue weighted by atomic mass is 9.85. The van der Waals surface area contributed by atoms with E-state index in [2.05, 4.69) is 26.8 Å². The van der Waals surface area contributed by atoms with Crippen molar-refractivity contribution >= 4 is 11.9 Å². The molecule has 1 heterocycles. The molecule has 1 aliphatic rings. The minimum absolute atomic E-state index is 0.156. The Morgan fingerprint density at radius 1 is 1.18 bits per heavy atom. The van der Waals surface area contributed by atoms with E-state index in [1.54, 1.807) is 14.2 Å². The molecule has 0 spiro atoms. The predicted octanol–water partition coefficient (Wildman–Crippen LogP) is 5.13. The van der Waals surface area contributed by atoms with Crippen molar-refractivity contribution in [2.75, 3.05) is 27.4 Å². The molecule has 0 aromatic carbocycles. The Morgan fingerprint density at radius 3 is 2.39 bits per heavy atom. The molecule has 0 aromatic rings. The van der Waals surface area contributed by atoms with Gasteiger partial charge in [0, 0.05) is 40.4 Å². The normalized spacial score (nSPS) is 23.5. The molecule has 0 N–H and O–H groups in total. The van der Waals surface area contributed by atoms with Crippen LogP contribution in [-0.2, 0) is 33.3 Å². The SMILES string of the molecule is COC(CC=C(C)C)(OC)C(C)CCC[C@]1(C)OCC(=CCOC(C)=O)CC[C@H]1OC(C)=O. The second-order valence-corrected chi connectivity index (χ2v) is 9.40. The third kappa shape index (κ3) is 9.59. The minimum Gasteiger partial charge on any atom is -0.462 e. The van der Waals surface area contributed by atoms with Crippen molar-refractivity contribution in [3.05, 3.63) is 23.3 Å². The van der Waals surface area contributed by atoms with Crippen LogP contribution in [0.15, 0.2) is 23.3 Å². The molecule has 0 radical (unpaired) electrons. The van der Waals surface area contributed by atoms with Gasteiger partial charge < -0.3 is 23.7 Å². The van der Waals surface area contributed by atoms with Crippen LogP contribution in [0.25, 0.3) is 0 Å². The first kappa shape index (κ1) is 29.3. The van der Waals surface area contributed by atoms with Gasteiger partial charge in [0.25, 0.3) is 0 Å². The van der Waals surface area contributed by atoms with E-state index < -0.39 is 11.4 Å². The zero-order valence-electron chi connectivity index (χ0n) is 21.8. The fourth-order valence-corrected chi connectivity index (χ4v) is 4.28. The Balaban J connectivity index is 2.86. The summed E-state index contributed by atoms with van der Waals surface area (Å²) in [6.45, 7) is 11.8. The fourth-order valence-electron chi connectivity index (χ4n) is 4.28. The van der Waals surface area contributed by atoms with Crippen LogP contribution < -0.4 is 0 Å². The lowest BCUT2D eigenvalue weighted by molar-refractivity contribution is -0.236. The Hall–Kier alpha value is -1.70. The van der Waals surface area contributed by atoms with Crippen LogP contribution in [0, 0.1) is 5.92 Å². The second-order valence-electron chi connectivity index (χ2n) is 9.40. The molecule has 33 heavy (non-hydrogen) atoms. The van der Waals surface area contributed by atoms with E-state index >= 15 is 0 Å². The maximum absolute atomic E-state index is 11.8. The molecule has 7 heteroatoms. The number of carbonyl (C=O) groups is 2. The number of allylic oxidation sites excluding steroid dienone is 1. The third-order valence-electron chi connectivity index (χ3n) is 6.51. The molecule has 0 bridgehead atoms. The molecular formula is C26H44O7. The first-order valence-electron chi connectivity index (χ1n) is 11.8. The number of rotatable bonds is 12. The van der Waals surface area contributed by atoms with Gasteiger partial charge in [-0.1, -0.05) is 18.6 Å². The maximum atomic E-state index is 11.8. The lowest BCUT2D eigenvalue weighted by Gasteiger charge is -2.38. The number of carbonyl (C=O) groups excluding carboxylic acids is 2. The van der Waals surface area contributed by atoms with Crippen LogP contribution in [0.5, 0.6) is 0 Å². The summed E-state index contributed by atoms with van der Waals surface area (Å²) >= 11 is 0. The van der Waals surface area contributed by atoms with Crippen LogP contribution in [0.3, 0.4) is 0 Å². The van der Waals surface area contributed by atoms with E-state index in [-0.39, 0.29) is 30.6 Å². The van der Waals surface area contributed by atoms with Gasteiger partial charge in [-0.2, -0.15) is 0 Å². The highest BCUT2D eigenvalue weighted by atomic mass is 16.7. The Labute approximate surface area is 199 Å². The molecule has 190 valence electrons. The van der Waals surface area contributed by atoms with Gasteiger partial charge in [-0.05, 0) is 64.5 Å². The zero-order chi connectivity index (χ0) is 25.1. The third-order valence-corrected chi connectivity index (χ3v) is 6.51. The van der Waals surface area contributed by atoms with Gasteiger partial charge in [0.05, 0.1) is 6.61 Å². The summed E-state index contributed by atoms with van der Waals surface area (Å²) in [5.41, 5.74) is 1.66. The van der Waals surface area contributed by atoms with Gasteiger partial charge in [0.15, 0.2) is 5.79 Å². The van der Waals surface area contributed by atoms with Gasteiger partial charge in [-0.15, -0.1) is 0 Å². The molecule has 7 nitrogen and oxygen atoms in total. The summed E-state index contributed by atoms with van der Waals surface area (Å²) in [5.74, 6) is -1.14. The van der Waals surface area contributed by atoms with Crippen molar-refractivity contribution in [1.29, 1.82) is 0 Å². The zero-order valence-corrected chi connectivity index (χ0v) is 21.8. The highest BCUT2D eigenvalue weighted by molar-refractivity contribution is 5.66.